The van der Waals surface area contributed by atoms with Crippen molar-refractivity contribution < 1.29 is 4.74 Å². The molecule has 1 rings (SSSR count). The molecule has 0 bridgehead atoms. The Bertz CT molecular complexity index is 471. The van der Waals surface area contributed by atoms with Gasteiger partial charge in [0.25, 0.3) is 0 Å². The van der Waals surface area contributed by atoms with Crippen LogP contribution >= 0.6 is 35.3 Å². The van der Waals surface area contributed by atoms with Crippen molar-refractivity contribution in [1.29, 1.82) is 0 Å². The van der Waals surface area contributed by atoms with Crippen molar-refractivity contribution in [2.75, 3.05) is 41.3 Å². The molecule has 0 spiro atoms. The van der Waals surface area contributed by atoms with E-state index in [4.69, 9.17) is 4.74 Å². The van der Waals surface area contributed by atoms with Gasteiger partial charge in [-0.25, -0.2) is 0 Å². The first-order valence-corrected chi connectivity index (χ1v) is 8.84. The van der Waals surface area contributed by atoms with Gasteiger partial charge in [-0.2, -0.15) is 0 Å². The maximum atomic E-state index is 5.58. The van der Waals surface area contributed by atoms with E-state index in [0.29, 0.717) is 6.04 Å². The standard InChI is InChI=1S/C17H32N4OS.HI/c1-17(2,3)15(22-7)12-20-16(18-4)19-11-13(21(5)6)14-9-8-10-23-14;/h8-10,13,15H,11-12H2,1-7H3,(H2,18,19,20);1H. The van der Waals surface area contributed by atoms with Crippen LogP contribution in [0, 0.1) is 5.41 Å². The van der Waals surface area contributed by atoms with Gasteiger partial charge in [-0.05, 0) is 31.0 Å². The molecule has 0 aliphatic heterocycles. The van der Waals surface area contributed by atoms with Crippen molar-refractivity contribution in [3.05, 3.63) is 22.4 Å². The van der Waals surface area contributed by atoms with Crippen LogP contribution in [0.25, 0.3) is 0 Å². The lowest BCUT2D eigenvalue weighted by Gasteiger charge is -2.30. The van der Waals surface area contributed by atoms with Crippen LogP contribution < -0.4 is 10.6 Å². The van der Waals surface area contributed by atoms with Crippen molar-refractivity contribution >= 4 is 41.3 Å². The quantitative estimate of drug-likeness (QED) is 0.367. The summed E-state index contributed by atoms with van der Waals surface area (Å²) in [6, 6.07) is 4.60. The molecule has 0 amide bonds. The molecule has 24 heavy (non-hydrogen) atoms. The van der Waals surface area contributed by atoms with E-state index >= 15 is 0 Å². The molecule has 2 N–H and O–H groups in total. The minimum absolute atomic E-state index is 0. The Hall–Kier alpha value is -0.380. The summed E-state index contributed by atoms with van der Waals surface area (Å²) in [6.45, 7) is 8.07. The van der Waals surface area contributed by atoms with Crippen molar-refractivity contribution in [1.82, 2.24) is 15.5 Å². The molecule has 1 heterocycles. The zero-order valence-corrected chi connectivity index (χ0v) is 19.1. The molecular formula is C17H33IN4OS. The van der Waals surface area contributed by atoms with Crippen LogP contribution in [0.2, 0.25) is 0 Å². The van der Waals surface area contributed by atoms with E-state index in [0.717, 1.165) is 19.0 Å². The van der Waals surface area contributed by atoms with Gasteiger partial charge in [-0.3, -0.25) is 4.99 Å². The maximum absolute atomic E-state index is 5.58. The van der Waals surface area contributed by atoms with Gasteiger partial charge < -0.3 is 20.3 Å². The van der Waals surface area contributed by atoms with Crippen LogP contribution in [0.1, 0.15) is 31.7 Å². The van der Waals surface area contributed by atoms with Crippen LogP contribution in [-0.2, 0) is 4.74 Å². The molecule has 2 atom stereocenters. The lowest BCUT2D eigenvalue weighted by atomic mass is 9.89. The van der Waals surface area contributed by atoms with Gasteiger partial charge in [-0.15, -0.1) is 35.3 Å². The van der Waals surface area contributed by atoms with Gasteiger partial charge in [0.05, 0.1) is 12.1 Å². The van der Waals surface area contributed by atoms with Crippen LogP contribution in [0.15, 0.2) is 22.5 Å². The highest BCUT2D eigenvalue weighted by atomic mass is 127. The van der Waals surface area contributed by atoms with E-state index in [1.54, 1.807) is 25.5 Å². The number of hydrogen-bond donors (Lipinski definition) is 2. The summed E-state index contributed by atoms with van der Waals surface area (Å²) in [6.07, 6.45) is 0.128. The normalized spacial score (nSPS) is 14.9. The molecule has 0 saturated heterocycles. The molecule has 5 nitrogen and oxygen atoms in total. The van der Waals surface area contributed by atoms with E-state index in [2.05, 4.69) is 72.9 Å². The summed E-state index contributed by atoms with van der Waals surface area (Å²) < 4.78 is 5.58. The highest BCUT2D eigenvalue weighted by Gasteiger charge is 2.24. The fraction of sp³-hybridized carbons (Fsp3) is 0.706. The van der Waals surface area contributed by atoms with Crippen molar-refractivity contribution in [3.8, 4) is 0 Å². The summed E-state index contributed by atoms with van der Waals surface area (Å²) in [5, 5.41) is 8.90. The number of nitrogens with zero attached hydrogens (tertiary/aromatic N) is 2. The predicted molar refractivity (Wildman–Crippen MR) is 116 cm³/mol. The molecule has 140 valence electrons. The van der Waals surface area contributed by atoms with E-state index in [1.807, 2.05) is 0 Å². The average molecular weight is 468 g/mol. The molecule has 0 fully saturated rings. The largest absolute Gasteiger partial charge is 0.379 e. The maximum Gasteiger partial charge on any atom is 0.191 e. The summed E-state index contributed by atoms with van der Waals surface area (Å²) in [5.74, 6) is 0.805. The lowest BCUT2D eigenvalue weighted by Crippen LogP contribution is -2.46. The first kappa shape index (κ1) is 23.6. The topological polar surface area (TPSA) is 48.9 Å². The van der Waals surface area contributed by atoms with Gasteiger partial charge in [0, 0.05) is 32.1 Å². The summed E-state index contributed by atoms with van der Waals surface area (Å²) in [4.78, 5) is 7.88. The number of nitrogens with one attached hydrogen (secondary N) is 2. The smallest absolute Gasteiger partial charge is 0.191 e. The lowest BCUT2D eigenvalue weighted by molar-refractivity contribution is 0.0205. The number of aliphatic imine (C=N–C) groups is 1. The molecule has 0 saturated carbocycles. The zero-order chi connectivity index (χ0) is 17.5. The summed E-state index contributed by atoms with van der Waals surface area (Å²) in [5.41, 5.74) is 0.0870. The van der Waals surface area contributed by atoms with Crippen molar-refractivity contribution in [2.24, 2.45) is 10.4 Å². The van der Waals surface area contributed by atoms with Crippen LogP contribution in [0.3, 0.4) is 0 Å². The van der Waals surface area contributed by atoms with Crippen molar-refractivity contribution in [3.63, 3.8) is 0 Å². The number of thiophene rings is 1. The second kappa shape index (κ2) is 11.3. The van der Waals surface area contributed by atoms with Crippen LogP contribution in [-0.4, -0.2) is 58.3 Å². The third-order valence-corrected chi connectivity index (χ3v) is 4.86. The fourth-order valence-electron chi connectivity index (χ4n) is 2.36. The van der Waals surface area contributed by atoms with E-state index in [-0.39, 0.29) is 35.5 Å². The highest BCUT2D eigenvalue weighted by molar-refractivity contribution is 14.0. The molecule has 1 aromatic heterocycles. The monoisotopic (exact) mass is 468 g/mol. The Balaban J connectivity index is 0.00000529. The van der Waals surface area contributed by atoms with Gasteiger partial charge >= 0.3 is 0 Å². The molecule has 0 aliphatic rings. The van der Waals surface area contributed by atoms with Gasteiger partial charge in [0.1, 0.15) is 0 Å². The first-order chi connectivity index (χ1) is 10.8. The first-order valence-electron chi connectivity index (χ1n) is 7.96. The molecule has 2 unspecified atom stereocenters. The third-order valence-electron chi connectivity index (χ3n) is 3.89. The number of hydrogen-bond acceptors (Lipinski definition) is 4. The Morgan fingerprint density at radius 2 is 1.92 bits per heavy atom. The zero-order valence-electron chi connectivity index (χ0n) is 15.9. The third kappa shape index (κ3) is 7.67. The van der Waals surface area contributed by atoms with Crippen LogP contribution in [0.4, 0.5) is 0 Å². The molecule has 0 aliphatic carbocycles. The number of ether oxygens (including phenoxy) is 1. The summed E-state index contributed by atoms with van der Waals surface area (Å²) >= 11 is 1.78. The molecule has 0 radical (unpaired) electrons. The summed E-state index contributed by atoms with van der Waals surface area (Å²) in [7, 11) is 7.75. The molecule has 1 aromatic rings. The predicted octanol–water partition coefficient (Wildman–Crippen LogP) is 3.19. The number of guanidine groups is 1. The average Bonchev–Trinajstić information content (AvgIpc) is 2.98. The van der Waals surface area contributed by atoms with Gasteiger partial charge in [0.2, 0.25) is 0 Å². The minimum atomic E-state index is 0. The number of methoxy groups -OCH3 is 1. The highest BCUT2D eigenvalue weighted by Crippen LogP contribution is 2.22. The Kier molecular flexibility index (Phi) is 11.1. The number of rotatable bonds is 7. The number of halogens is 1. The van der Waals surface area contributed by atoms with Crippen LogP contribution in [0.5, 0.6) is 0 Å². The fourth-order valence-corrected chi connectivity index (χ4v) is 3.29. The molecule has 0 aromatic carbocycles. The second-order valence-corrected chi connectivity index (χ2v) is 7.90. The Morgan fingerprint density at radius 3 is 2.33 bits per heavy atom. The van der Waals surface area contributed by atoms with Crippen molar-refractivity contribution in [2.45, 2.75) is 32.9 Å². The van der Waals surface area contributed by atoms with Gasteiger partial charge in [0.15, 0.2) is 5.96 Å². The molecule has 7 heteroatoms. The second-order valence-electron chi connectivity index (χ2n) is 6.92. The van der Waals surface area contributed by atoms with E-state index < -0.39 is 0 Å². The SMILES string of the molecule is CN=C(NCC(c1cccs1)N(C)C)NCC(OC)C(C)(C)C.I. The van der Waals surface area contributed by atoms with E-state index in [1.165, 1.54) is 4.88 Å². The Morgan fingerprint density at radius 1 is 1.29 bits per heavy atom. The van der Waals surface area contributed by atoms with Gasteiger partial charge in [-0.1, -0.05) is 26.8 Å². The minimum Gasteiger partial charge on any atom is -0.379 e. The Labute approximate surface area is 168 Å². The van der Waals surface area contributed by atoms with E-state index in [9.17, 15) is 0 Å². The molecular weight excluding hydrogens is 435 g/mol. The number of likely N-dealkylation sites (N-methyl/N-ethyl adjacent to an activating group) is 1.